The maximum atomic E-state index is 13.9. The number of anilines is 1. The summed E-state index contributed by atoms with van der Waals surface area (Å²) in [6.45, 7) is 2.95. The molecule has 3 aromatic rings. The van der Waals surface area contributed by atoms with Gasteiger partial charge in [0.15, 0.2) is 0 Å². The Kier molecular flexibility index (Phi) is 4.76. The van der Waals surface area contributed by atoms with Gasteiger partial charge in [-0.15, -0.1) is 11.3 Å². The van der Waals surface area contributed by atoms with Gasteiger partial charge in [0.05, 0.1) is 5.39 Å². The number of rotatable bonds is 5. The largest absolute Gasteiger partial charge is 0.351 e. The number of fused-ring (bicyclic) bond motifs is 3. The van der Waals surface area contributed by atoms with E-state index in [0.717, 1.165) is 35.9 Å². The Bertz CT molecular complexity index is 1010. The lowest BCUT2D eigenvalue weighted by Gasteiger charge is -2.14. The number of nitrogens with one attached hydrogen (secondary N) is 1. The Labute approximate surface area is 155 Å². The minimum absolute atomic E-state index is 0.0345. The Morgan fingerprint density at radius 3 is 2.88 bits per heavy atom. The lowest BCUT2D eigenvalue weighted by molar-refractivity contribution is 0.610. The third-order valence-corrected chi connectivity index (χ3v) is 6.10. The third-order valence-electron chi connectivity index (χ3n) is 4.92. The predicted octanol–water partition coefficient (Wildman–Crippen LogP) is 4.50. The molecule has 4 rings (SSSR count). The summed E-state index contributed by atoms with van der Waals surface area (Å²) in [5, 5.41) is 3.99. The number of aromatic nitrogens is 2. The van der Waals surface area contributed by atoms with Gasteiger partial charge < -0.3 is 5.32 Å². The monoisotopic (exact) mass is 371 g/mol. The van der Waals surface area contributed by atoms with E-state index >= 15 is 0 Å². The number of benzene rings is 1. The highest BCUT2D eigenvalue weighted by atomic mass is 32.1. The van der Waals surface area contributed by atoms with Gasteiger partial charge in [0.2, 0.25) is 5.95 Å². The normalized spacial score (nSPS) is 13.8. The van der Waals surface area contributed by atoms with E-state index in [4.69, 9.17) is 4.98 Å². The molecule has 6 heteroatoms. The summed E-state index contributed by atoms with van der Waals surface area (Å²) >= 11 is 1.64. The molecule has 1 aromatic carbocycles. The Morgan fingerprint density at radius 2 is 2.08 bits per heavy atom. The third kappa shape index (κ3) is 3.03. The summed E-state index contributed by atoms with van der Waals surface area (Å²) in [5.41, 5.74) is 1.81. The van der Waals surface area contributed by atoms with Gasteiger partial charge >= 0.3 is 0 Å². The molecule has 0 fully saturated rings. The van der Waals surface area contributed by atoms with Crippen molar-refractivity contribution in [2.75, 3.05) is 5.32 Å². The number of thiophene rings is 1. The van der Waals surface area contributed by atoms with E-state index in [9.17, 15) is 9.18 Å². The van der Waals surface area contributed by atoms with Crippen LogP contribution in [-0.4, -0.2) is 9.55 Å². The maximum Gasteiger partial charge on any atom is 0.263 e. The van der Waals surface area contributed by atoms with Crippen molar-refractivity contribution in [1.29, 1.82) is 0 Å². The van der Waals surface area contributed by atoms with Gasteiger partial charge in [-0.2, -0.15) is 0 Å². The van der Waals surface area contributed by atoms with Gasteiger partial charge in [0, 0.05) is 23.5 Å². The summed E-state index contributed by atoms with van der Waals surface area (Å²) in [5.74, 6) is 0.281. The highest BCUT2D eigenvalue weighted by molar-refractivity contribution is 7.18. The SMILES string of the molecule is CCCn1c(NCc2ccccc2F)nc2sc3c(c2c1=O)CCCC3. The lowest BCUT2D eigenvalue weighted by Crippen LogP contribution is -2.25. The molecule has 0 bridgehead atoms. The molecule has 0 aliphatic heterocycles. The van der Waals surface area contributed by atoms with Crippen LogP contribution < -0.4 is 10.9 Å². The van der Waals surface area contributed by atoms with E-state index in [-0.39, 0.29) is 11.4 Å². The van der Waals surface area contributed by atoms with Gasteiger partial charge in [-0.1, -0.05) is 25.1 Å². The number of hydrogen-bond donors (Lipinski definition) is 1. The molecule has 1 aliphatic carbocycles. The first-order chi connectivity index (χ1) is 12.7. The van der Waals surface area contributed by atoms with Crippen molar-refractivity contribution >= 4 is 27.5 Å². The molecule has 0 amide bonds. The molecule has 26 heavy (non-hydrogen) atoms. The molecule has 0 saturated carbocycles. The standard InChI is InChI=1S/C20H22FN3OS/c1-2-11-24-19(25)17-14-8-4-6-10-16(14)26-18(17)23-20(24)22-12-13-7-3-5-9-15(13)21/h3,5,7,9H,2,4,6,8,10-12H2,1H3,(H,22,23). The molecule has 0 atom stereocenters. The zero-order chi connectivity index (χ0) is 18.1. The van der Waals surface area contributed by atoms with E-state index in [0.29, 0.717) is 24.6 Å². The van der Waals surface area contributed by atoms with Crippen LogP contribution in [0.25, 0.3) is 10.2 Å². The van der Waals surface area contributed by atoms with Crippen LogP contribution in [0, 0.1) is 5.82 Å². The van der Waals surface area contributed by atoms with Gasteiger partial charge in [0.1, 0.15) is 10.6 Å². The number of halogens is 1. The molecule has 2 heterocycles. The molecule has 1 N–H and O–H groups in total. The van der Waals surface area contributed by atoms with Gasteiger partial charge in [-0.05, 0) is 43.7 Å². The van der Waals surface area contributed by atoms with Crippen LogP contribution in [0.15, 0.2) is 29.1 Å². The second-order valence-corrected chi connectivity index (χ2v) is 7.81. The summed E-state index contributed by atoms with van der Waals surface area (Å²) < 4.78 is 15.6. The fraction of sp³-hybridized carbons (Fsp3) is 0.400. The highest BCUT2D eigenvalue weighted by Gasteiger charge is 2.21. The first-order valence-electron chi connectivity index (χ1n) is 9.21. The zero-order valence-electron chi connectivity index (χ0n) is 14.8. The van der Waals surface area contributed by atoms with Crippen molar-refractivity contribution in [3.63, 3.8) is 0 Å². The predicted molar refractivity (Wildman–Crippen MR) is 105 cm³/mol. The average Bonchev–Trinajstić information content (AvgIpc) is 3.02. The van der Waals surface area contributed by atoms with E-state index < -0.39 is 0 Å². The summed E-state index contributed by atoms with van der Waals surface area (Å²) in [4.78, 5) is 20.0. The summed E-state index contributed by atoms with van der Waals surface area (Å²) in [6, 6.07) is 6.67. The summed E-state index contributed by atoms with van der Waals surface area (Å²) in [7, 11) is 0. The Hall–Kier alpha value is -2.21. The van der Waals surface area contributed by atoms with Crippen molar-refractivity contribution in [3.05, 3.63) is 56.4 Å². The fourth-order valence-electron chi connectivity index (χ4n) is 3.62. The van der Waals surface area contributed by atoms with Crippen molar-refractivity contribution in [2.45, 2.75) is 52.1 Å². The van der Waals surface area contributed by atoms with Crippen LogP contribution in [0.5, 0.6) is 0 Å². The first kappa shape index (κ1) is 17.2. The van der Waals surface area contributed by atoms with Crippen LogP contribution in [0.4, 0.5) is 10.3 Å². The molecule has 0 saturated heterocycles. The zero-order valence-corrected chi connectivity index (χ0v) is 15.7. The maximum absolute atomic E-state index is 13.9. The van der Waals surface area contributed by atoms with Crippen LogP contribution in [0.1, 0.15) is 42.2 Å². The first-order valence-corrected chi connectivity index (χ1v) is 10.0. The van der Waals surface area contributed by atoms with Gasteiger partial charge in [-0.3, -0.25) is 9.36 Å². The van der Waals surface area contributed by atoms with Crippen LogP contribution >= 0.6 is 11.3 Å². The molecule has 136 valence electrons. The smallest absolute Gasteiger partial charge is 0.263 e. The Morgan fingerprint density at radius 1 is 1.27 bits per heavy atom. The molecular formula is C20H22FN3OS. The number of nitrogens with zero attached hydrogens (tertiary/aromatic N) is 2. The minimum Gasteiger partial charge on any atom is -0.351 e. The topological polar surface area (TPSA) is 46.9 Å². The van der Waals surface area contributed by atoms with E-state index in [2.05, 4.69) is 5.32 Å². The van der Waals surface area contributed by atoms with Gasteiger partial charge in [0.25, 0.3) is 5.56 Å². The fourth-order valence-corrected chi connectivity index (χ4v) is 4.87. The minimum atomic E-state index is -0.253. The second kappa shape index (κ2) is 7.19. The average molecular weight is 371 g/mol. The van der Waals surface area contributed by atoms with Crippen molar-refractivity contribution < 1.29 is 4.39 Å². The van der Waals surface area contributed by atoms with Crippen molar-refractivity contribution in [1.82, 2.24) is 9.55 Å². The second-order valence-electron chi connectivity index (χ2n) is 6.73. The molecule has 0 unspecified atom stereocenters. The molecule has 2 aromatic heterocycles. The van der Waals surface area contributed by atoms with E-state index in [1.165, 1.54) is 22.9 Å². The number of aryl methyl sites for hydroxylation is 2. The molecule has 1 aliphatic rings. The van der Waals surface area contributed by atoms with Crippen molar-refractivity contribution in [3.8, 4) is 0 Å². The van der Waals surface area contributed by atoms with Crippen LogP contribution in [0.2, 0.25) is 0 Å². The van der Waals surface area contributed by atoms with E-state index in [1.54, 1.807) is 28.0 Å². The Balaban J connectivity index is 1.77. The quantitative estimate of drug-likeness (QED) is 0.718. The highest BCUT2D eigenvalue weighted by Crippen LogP contribution is 2.34. The number of hydrogen-bond acceptors (Lipinski definition) is 4. The van der Waals surface area contributed by atoms with Crippen molar-refractivity contribution in [2.24, 2.45) is 0 Å². The van der Waals surface area contributed by atoms with Crippen LogP contribution in [-0.2, 0) is 25.9 Å². The molecular weight excluding hydrogens is 349 g/mol. The lowest BCUT2D eigenvalue weighted by atomic mass is 9.97. The molecule has 4 nitrogen and oxygen atoms in total. The summed E-state index contributed by atoms with van der Waals surface area (Å²) in [6.07, 6.45) is 5.18. The van der Waals surface area contributed by atoms with E-state index in [1.807, 2.05) is 13.0 Å². The molecule has 0 radical (unpaired) electrons. The molecule has 0 spiro atoms. The van der Waals surface area contributed by atoms with Gasteiger partial charge in [-0.25, -0.2) is 9.37 Å². The van der Waals surface area contributed by atoms with Crippen LogP contribution in [0.3, 0.4) is 0 Å².